The highest BCUT2D eigenvalue weighted by Gasteiger charge is 2.06. The van der Waals surface area contributed by atoms with E-state index in [0.717, 1.165) is 18.8 Å². The Morgan fingerprint density at radius 1 is 1.26 bits per heavy atom. The van der Waals surface area contributed by atoms with Crippen LogP contribution in [0.1, 0.15) is 11.3 Å². The molecule has 19 heavy (non-hydrogen) atoms. The lowest BCUT2D eigenvalue weighted by Gasteiger charge is -2.05. The van der Waals surface area contributed by atoms with E-state index in [9.17, 15) is 0 Å². The van der Waals surface area contributed by atoms with Crippen molar-refractivity contribution in [3.05, 3.63) is 47.9 Å². The van der Waals surface area contributed by atoms with Crippen molar-refractivity contribution in [3.63, 3.8) is 0 Å². The Morgan fingerprint density at radius 3 is 2.89 bits per heavy atom. The van der Waals surface area contributed by atoms with Gasteiger partial charge in [0.15, 0.2) is 0 Å². The predicted molar refractivity (Wildman–Crippen MR) is 74.8 cm³/mol. The molecule has 2 aromatic heterocycles. The molecule has 0 unspecified atom stereocenters. The van der Waals surface area contributed by atoms with Crippen LogP contribution in [-0.2, 0) is 20.1 Å². The third-order valence-electron chi connectivity index (χ3n) is 3.25. The highest BCUT2D eigenvalue weighted by Crippen LogP contribution is 2.20. The highest BCUT2D eigenvalue weighted by molar-refractivity contribution is 5.83. The fourth-order valence-corrected chi connectivity index (χ4v) is 2.41. The summed E-state index contributed by atoms with van der Waals surface area (Å²) in [4.78, 5) is 0. The maximum atomic E-state index is 4.14. The Morgan fingerprint density at radius 2 is 2.16 bits per heavy atom. The molecule has 98 valence electrons. The molecule has 1 aromatic carbocycles. The van der Waals surface area contributed by atoms with E-state index in [2.05, 4.69) is 50.7 Å². The van der Waals surface area contributed by atoms with Gasteiger partial charge >= 0.3 is 0 Å². The van der Waals surface area contributed by atoms with E-state index in [1.54, 1.807) is 4.68 Å². The summed E-state index contributed by atoms with van der Waals surface area (Å²) in [6.45, 7) is 1.63. The quantitative estimate of drug-likeness (QED) is 0.769. The maximum absolute atomic E-state index is 4.14. The molecule has 0 atom stereocenters. The highest BCUT2D eigenvalue weighted by atomic mass is 15.4. The number of nitrogens with zero attached hydrogens (tertiary/aromatic N) is 4. The molecule has 0 radical (unpaired) electrons. The third-order valence-corrected chi connectivity index (χ3v) is 3.25. The van der Waals surface area contributed by atoms with E-state index >= 15 is 0 Å². The summed E-state index contributed by atoms with van der Waals surface area (Å²) in [6.07, 6.45) is 4.06. The minimum atomic E-state index is 0.750. The average molecular weight is 255 g/mol. The maximum Gasteiger partial charge on any atom is 0.102 e. The largest absolute Gasteiger partial charge is 0.341 e. The monoisotopic (exact) mass is 255 g/mol. The molecular weight excluding hydrogens is 238 g/mol. The Bertz CT molecular complexity index is 695. The molecule has 5 nitrogen and oxygen atoms in total. The number of fused-ring (bicyclic) bond motifs is 1. The molecule has 0 saturated heterocycles. The second kappa shape index (κ2) is 4.85. The van der Waals surface area contributed by atoms with E-state index < -0.39 is 0 Å². The lowest BCUT2D eigenvalue weighted by atomic mass is 10.1. The minimum absolute atomic E-state index is 0.750. The summed E-state index contributed by atoms with van der Waals surface area (Å²) in [5.74, 6) is 0. The second-order valence-corrected chi connectivity index (χ2v) is 4.71. The van der Waals surface area contributed by atoms with Gasteiger partial charge in [-0.25, -0.2) is 0 Å². The van der Waals surface area contributed by atoms with Crippen molar-refractivity contribution >= 4 is 10.9 Å². The third kappa shape index (κ3) is 2.24. The van der Waals surface area contributed by atoms with Gasteiger partial charge in [0.25, 0.3) is 0 Å². The number of benzene rings is 1. The van der Waals surface area contributed by atoms with Gasteiger partial charge in [0, 0.05) is 36.9 Å². The topological polar surface area (TPSA) is 47.7 Å². The number of hydrogen-bond donors (Lipinski definition) is 1. The molecule has 0 saturated carbocycles. The van der Waals surface area contributed by atoms with Crippen LogP contribution in [0.15, 0.2) is 36.7 Å². The van der Waals surface area contributed by atoms with Crippen molar-refractivity contribution in [2.24, 2.45) is 7.05 Å². The summed E-state index contributed by atoms with van der Waals surface area (Å²) >= 11 is 0. The van der Waals surface area contributed by atoms with Gasteiger partial charge in [-0.3, -0.25) is 4.68 Å². The zero-order valence-electron chi connectivity index (χ0n) is 11.2. The van der Waals surface area contributed by atoms with Crippen molar-refractivity contribution < 1.29 is 0 Å². The molecule has 3 rings (SSSR count). The van der Waals surface area contributed by atoms with E-state index in [1.165, 1.54) is 16.5 Å². The first-order valence-electron chi connectivity index (χ1n) is 6.34. The summed E-state index contributed by atoms with van der Waals surface area (Å²) < 4.78 is 3.94. The molecular formula is C14H17N5. The number of nitrogens with one attached hydrogen (secondary N) is 1. The molecule has 0 amide bonds. The zero-order chi connectivity index (χ0) is 13.2. The van der Waals surface area contributed by atoms with Gasteiger partial charge in [-0.15, -0.1) is 5.10 Å². The van der Waals surface area contributed by atoms with Gasteiger partial charge in [0.05, 0.1) is 6.54 Å². The molecule has 0 aliphatic heterocycles. The Balaban J connectivity index is 1.98. The smallest absolute Gasteiger partial charge is 0.102 e. The van der Waals surface area contributed by atoms with Crippen LogP contribution in [0.4, 0.5) is 0 Å². The molecule has 0 aliphatic rings. The summed E-state index contributed by atoms with van der Waals surface area (Å²) in [6, 6.07) is 8.57. The van der Waals surface area contributed by atoms with Gasteiger partial charge in [0.2, 0.25) is 0 Å². The van der Waals surface area contributed by atoms with E-state index in [-0.39, 0.29) is 0 Å². The Labute approximate surface area is 111 Å². The van der Waals surface area contributed by atoms with Gasteiger partial charge in [-0.05, 0) is 24.7 Å². The minimum Gasteiger partial charge on any atom is -0.341 e. The van der Waals surface area contributed by atoms with Crippen LogP contribution in [0.2, 0.25) is 0 Å². The molecule has 3 aromatic rings. The zero-order valence-corrected chi connectivity index (χ0v) is 11.2. The summed E-state index contributed by atoms with van der Waals surface area (Å²) in [7, 11) is 3.85. The van der Waals surface area contributed by atoms with Crippen molar-refractivity contribution in [3.8, 4) is 0 Å². The van der Waals surface area contributed by atoms with Crippen LogP contribution in [0.25, 0.3) is 10.9 Å². The fraction of sp³-hybridized carbons (Fsp3) is 0.286. The van der Waals surface area contributed by atoms with Crippen LogP contribution in [0.5, 0.6) is 0 Å². The first-order chi connectivity index (χ1) is 9.28. The van der Waals surface area contributed by atoms with Crippen LogP contribution in [-0.4, -0.2) is 26.6 Å². The molecule has 0 spiro atoms. The molecule has 0 bridgehead atoms. The van der Waals surface area contributed by atoms with Gasteiger partial charge in [-0.1, -0.05) is 17.3 Å². The van der Waals surface area contributed by atoms with E-state index in [4.69, 9.17) is 0 Å². The lowest BCUT2D eigenvalue weighted by molar-refractivity contribution is 0.711. The molecule has 0 aliphatic carbocycles. The Kier molecular flexibility index (Phi) is 3.05. The van der Waals surface area contributed by atoms with Crippen LogP contribution in [0, 0.1) is 0 Å². The normalized spacial score (nSPS) is 11.3. The average Bonchev–Trinajstić information content (AvgIpc) is 2.99. The summed E-state index contributed by atoms with van der Waals surface area (Å²) in [5, 5.41) is 12.6. The molecule has 1 N–H and O–H groups in total. The Hall–Kier alpha value is -2.14. The number of hydrogen-bond acceptors (Lipinski definition) is 3. The molecule has 5 heteroatoms. The van der Waals surface area contributed by atoms with E-state index in [0.29, 0.717) is 0 Å². The second-order valence-electron chi connectivity index (χ2n) is 4.71. The van der Waals surface area contributed by atoms with Crippen molar-refractivity contribution in [1.29, 1.82) is 0 Å². The number of aromatic nitrogens is 4. The lowest BCUT2D eigenvalue weighted by Crippen LogP contribution is -2.05. The van der Waals surface area contributed by atoms with Gasteiger partial charge in [-0.2, -0.15) is 0 Å². The molecule has 2 heterocycles. The van der Waals surface area contributed by atoms with Gasteiger partial charge < -0.3 is 9.88 Å². The first-order valence-corrected chi connectivity index (χ1v) is 6.34. The summed E-state index contributed by atoms with van der Waals surface area (Å²) in [5.41, 5.74) is 3.52. The number of rotatable bonds is 4. The standard InChI is InChI=1S/C14H17N5/c1-15-8-11-4-3-5-14-13(11)6-7-19(14)10-12-9-18(2)17-16-12/h3-7,9,15H,8,10H2,1-2H3. The van der Waals surface area contributed by atoms with E-state index in [1.807, 2.05) is 20.3 Å². The number of aryl methyl sites for hydroxylation is 1. The van der Waals surface area contributed by atoms with Gasteiger partial charge in [0.1, 0.15) is 5.69 Å². The van der Waals surface area contributed by atoms with Crippen molar-refractivity contribution in [2.75, 3.05) is 7.05 Å². The first kappa shape index (κ1) is 11.9. The fourth-order valence-electron chi connectivity index (χ4n) is 2.41. The van der Waals surface area contributed by atoms with Crippen LogP contribution >= 0.6 is 0 Å². The van der Waals surface area contributed by atoms with Crippen LogP contribution < -0.4 is 5.32 Å². The SMILES string of the molecule is CNCc1cccc2c1ccn2Cc1cn(C)nn1. The van der Waals surface area contributed by atoms with Crippen molar-refractivity contribution in [2.45, 2.75) is 13.1 Å². The van der Waals surface area contributed by atoms with Crippen molar-refractivity contribution in [1.82, 2.24) is 24.9 Å². The predicted octanol–water partition coefficient (Wildman–Crippen LogP) is 1.54. The molecule has 0 fully saturated rings. The van der Waals surface area contributed by atoms with Crippen LogP contribution in [0.3, 0.4) is 0 Å².